The molecule has 2 N–H and O–H groups in total. The molecule has 1 aromatic heterocycles. The van der Waals surface area contributed by atoms with Gasteiger partial charge in [0.2, 0.25) is 5.95 Å². The van der Waals surface area contributed by atoms with Crippen LogP contribution in [0.2, 0.25) is 0 Å². The van der Waals surface area contributed by atoms with E-state index in [4.69, 9.17) is 14.2 Å². The van der Waals surface area contributed by atoms with Gasteiger partial charge in [-0.05, 0) is 30.3 Å². The van der Waals surface area contributed by atoms with Gasteiger partial charge in [0.25, 0.3) is 0 Å². The highest BCUT2D eigenvalue weighted by Gasteiger charge is 2.08. The highest BCUT2D eigenvalue weighted by molar-refractivity contribution is 5.90. The minimum Gasteiger partial charge on any atom is -0.493 e. The van der Waals surface area contributed by atoms with Crippen molar-refractivity contribution in [2.75, 3.05) is 32.0 Å². The van der Waals surface area contributed by atoms with Crippen molar-refractivity contribution in [1.82, 2.24) is 15.2 Å². The van der Waals surface area contributed by atoms with E-state index in [1.807, 2.05) is 6.07 Å². The number of ether oxygens (including phenoxy) is 3. The van der Waals surface area contributed by atoms with Crippen LogP contribution in [0.3, 0.4) is 0 Å². The molecule has 0 amide bonds. The van der Waals surface area contributed by atoms with E-state index in [1.165, 1.54) is 13.3 Å². The number of hydrogen-bond acceptors (Lipinski definition) is 9. The number of carbonyl (C=O) groups excluding carboxylic acids is 1. The lowest BCUT2D eigenvalue weighted by molar-refractivity contribution is 0.0601. The highest BCUT2D eigenvalue weighted by Crippen LogP contribution is 2.30. The van der Waals surface area contributed by atoms with Crippen molar-refractivity contribution in [3.8, 4) is 11.5 Å². The van der Waals surface area contributed by atoms with Crippen LogP contribution in [0.1, 0.15) is 10.4 Å². The lowest BCUT2D eigenvalue weighted by atomic mass is 10.2. The third kappa shape index (κ3) is 4.44. The number of methoxy groups -OCH3 is 3. The maximum atomic E-state index is 11.7. The van der Waals surface area contributed by atoms with E-state index in [-0.39, 0.29) is 5.95 Å². The largest absolute Gasteiger partial charge is 0.493 e. The number of esters is 1. The monoisotopic (exact) mass is 381 g/mol. The van der Waals surface area contributed by atoms with Crippen LogP contribution >= 0.6 is 0 Å². The van der Waals surface area contributed by atoms with Gasteiger partial charge in [0, 0.05) is 17.4 Å². The van der Waals surface area contributed by atoms with E-state index in [1.54, 1.807) is 50.6 Å². The molecule has 0 aliphatic rings. The minimum absolute atomic E-state index is 0.271. The van der Waals surface area contributed by atoms with Crippen molar-refractivity contribution in [1.29, 1.82) is 0 Å². The molecule has 0 radical (unpaired) electrons. The maximum absolute atomic E-state index is 11.7. The van der Waals surface area contributed by atoms with E-state index >= 15 is 0 Å². The Balaban J connectivity index is 1.77. The average molecular weight is 381 g/mol. The predicted octanol–water partition coefficient (Wildman–Crippen LogP) is 3.16. The molecule has 28 heavy (non-hydrogen) atoms. The minimum atomic E-state index is -0.424. The first-order chi connectivity index (χ1) is 13.6. The molecule has 9 nitrogen and oxygen atoms in total. The number of aromatic nitrogens is 3. The van der Waals surface area contributed by atoms with Crippen LogP contribution in [0, 0.1) is 0 Å². The van der Waals surface area contributed by atoms with Gasteiger partial charge >= 0.3 is 5.97 Å². The van der Waals surface area contributed by atoms with Gasteiger partial charge < -0.3 is 24.8 Å². The lowest BCUT2D eigenvalue weighted by Crippen LogP contribution is -2.04. The first-order valence-electron chi connectivity index (χ1n) is 8.27. The summed E-state index contributed by atoms with van der Waals surface area (Å²) in [5.41, 5.74) is 1.80. The maximum Gasteiger partial charge on any atom is 0.337 e. The van der Waals surface area contributed by atoms with Gasteiger partial charge in [-0.15, -0.1) is 5.10 Å². The third-order valence-corrected chi connectivity index (χ3v) is 3.75. The molecule has 0 saturated heterocycles. The summed E-state index contributed by atoms with van der Waals surface area (Å²) in [6.07, 6.45) is 1.49. The number of benzene rings is 2. The Morgan fingerprint density at radius 2 is 1.71 bits per heavy atom. The third-order valence-electron chi connectivity index (χ3n) is 3.75. The summed E-state index contributed by atoms with van der Waals surface area (Å²) in [4.78, 5) is 16.0. The topological polar surface area (TPSA) is 107 Å². The molecule has 0 saturated carbocycles. The van der Waals surface area contributed by atoms with Crippen molar-refractivity contribution < 1.29 is 19.0 Å². The fraction of sp³-hybridized carbons (Fsp3) is 0.158. The van der Waals surface area contributed by atoms with Gasteiger partial charge in [0.05, 0.1) is 33.1 Å². The Hall–Kier alpha value is -3.88. The molecule has 3 aromatic rings. The van der Waals surface area contributed by atoms with Crippen molar-refractivity contribution in [2.45, 2.75) is 0 Å². The molecule has 2 aromatic carbocycles. The van der Waals surface area contributed by atoms with Crippen LogP contribution in [0.5, 0.6) is 11.5 Å². The van der Waals surface area contributed by atoms with Crippen LogP contribution in [0.4, 0.5) is 23.1 Å². The van der Waals surface area contributed by atoms with Crippen molar-refractivity contribution in [3.63, 3.8) is 0 Å². The van der Waals surface area contributed by atoms with Gasteiger partial charge in [0.1, 0.15) is 0 Å². The molecule has 0 atom stereocenters. The summed E-state index contributed by atoms with van der Waals surface area (Å²) >= 11 is 0. The number of hydrogen-bond donors (Lipinski definition) is 2. The van der Waals surface area contributed by atoms with Crippen LogP contribution in [-0.2, 0) is 4.74 Å². The normalized spacial score (nSPS) is 10.1. The molecule has 0 bridgehead atoms. The van der Waals surface area contributed by atoms with Crippen molar-refractivity contribution in [3.05, 3.63) is 54.2 Å². The summed E-state index contributed by atoms with van der Waals surface area (Å²) in [5.74, 6) is 1.54. The summed E-state index contributed by atoms with van der Waals surface area (Å²) < 4.78 is 15.2. The second-order valence-electron chi connectivity index (χ2n) is 5.56. The standard InChI is InChI=1S/C19H19N5O4/c1-26-15-8-7-14(10-16(15)27-2)21-17-11-20-24-19(23-17)22-13-6-4-5-12(9-13)18(25)28-3/h4-11H,1-3H3,(H2,21,22,23,24). The smallest absolute Gasteiger partial charge is 0.337 e. The Kier molecular flexibility index (Phi) is 5.85. The zero-order chi connectivity index (χ0) is 19.9. The SMILES string of the molecule is COC(=O)c1cccc(Nc2nncc(Nc3ccc(OC)c(OC)c3)n2)c1. The molecule has 0 fully saturated rings. The molecule has 0 aliphatic heterocycles. The first kappa shape index (κ1) is 18.9. The number of anilines is 4. The van der Waals surface area contributed by atoms with Gasteiger partial charge in [-0.2, -0.15) is 10.1 Å². The predicted molar refractivity (Wildman–Crippen MR) is 104 cm³/mol. The number of nitrogens with zero attached hydrogens (tertiary/aromatic N) is 3. The molecule has 1 heterocycles. The number of carbonyl (C=O) groups is 1. The van der Waals surface area contributed by atoms with Crippen LogP contribution in [0.15, 0.2) is 48.7 Å². The van der Waals surface area contributed by atoms with Gasteiger partial charge in [-0.25, -0.2) is 4.79 Å². The van der Waals surface area contributed by atoms with Crippen LogP contribution < -0.4 is 20.1 Å². The van der Waals surface area contributed by atoms with Gasteiger partial charge in [-0.3, -0.25) is 0 Å². The zero-order valence-corrected chi connectivity index (χ0v) is 15.6. The Morgan fingerprint density at radius 1 is 0.929 bits per heavy atom. The summed E-state index contributed by atoms with van der Waals surface area (Å²) in [5, 5.41) is 14.0. The number of rotatable bonds is 7. The van der Waals surface area contributed by atoms with Crippen LogP contribution in [-0.4, -0.2) is 42.5 Å². The van der Waals surface area contributed by atoms with E-state index < -0.39 is 5.97 Å². The Bertz CT molecular complexity index is 980. The summed E-state index contributed by atoms with van der Waals surface area (Å²) in [6.45, 7) is 0. The fourth-order valence-electron chi connectivity index (χ4n) is 2.45. The molecule has 9 heteroatoms. The molecule has 3 rings (SSSR count). The Morgan fingerprint density at radius 3 is 2.46 bits per heavy atom. The van der Waals surface area contributed by atoms with Crippen molar-refractivity contribution in [2.24, 2.45) is 0 Å². The van der Waals surface area contributed by atoms with Crippen molar-refractivity contribution >= 4 is 29.1 Å². The highest BCUT2D eigenvalue weighted by atomic mass is 16.5. The average Bonchev–Trinajstić information content (AvgIpc) is 2.73. The van der Waals surface area contributed by atoms with E-state index in [2.05, 4.69) is 25.8 Å². The molecular formula is C19H19N5O4. The van der Waals surface area contributed by atoms with E-state index in [0.29, 0.717) is 28.6 Å². The second-order valence-corrected chi connectivity index (χ2v) is 5.56. The molecule has 144 valence electrons. The van der Waals surface area contributed by atoms with Crippen LogP contribution in [0.25, 0.3) is 0 Å². The lowest BCUT2D eigenvalue weighted by Gasteiger charge is -2.11. The summed E-state index contributed by atoms with van der Waals surface area (Å²) in [6, 6.07) is 12.2. The van der Waals surface area contributed by atoms with E-state index in [0.717, 1.165) is 5.69 Å². The van der Waals surface area contributed by atoms with Gasteiger partial charge in [-0.1, -0.05) is 6.07 Å². The van der Waals surface area contributed by atoms with Gasteiger partial charge in [0.15, 0.2) is 17.3 Å². The first-order valence-corrected chi connectivity index (χ1v) is 8.27. The summed E-state index contributed by atoms with van der Waals surface area (Å²) in [7, 11) is 4.48. The molecule has 0 aliphatic carbocycles. The quantitative estimate of drug-likeness (QED) is 0.597. The fourth-order valence-corrected chi connectivity index (χ4v) is 2.45. The zero-order valence-electron chi connectivity index (χ0n) is 15.6. The second kappa shape index (κ2) is 8.67. The Labute approximate surface area is 161 Å². The molecular weight excluding hydrogens is 362 g/mol. The molecule has 0 unspecified atom stereocenters. The molecule has 0 spiro atoms. The number of nitrogens with one attached hydrogen (secondary N) is 2. The van der Waals surface area contributed by atoms with E-state index in [9.17, 15) is 4.79 Å².